The summed E-state index contributed by atoms with van der Waals surface area (Å²) in [6.07, 6.45) is 5.58. The third kappa shape index (κ3) is 4.82. The molecule has 0 radical (unpaired) electrons. The zero-order chi connectivity index (χ0) is 23.5. The molecule has 1 aliphatic carbocycles. The van der Waals surface area contributed by atoms with Crippen LogP contribution in [0.2, 0.25) is 0 Å². The molecule has 4 N–H and O–H groups in total. The number of rotatable bonds is 8. The van der Waals surface area contributed by atoms with Crippen LogP contribution in [0.4, 0.5) is 5.69 Å². The molecule has 8 nitrogen and oxygen atoms in total. The van der Waals surface area contributed by atoms with Crippen molar-refractivity contribution in [3.8, 4) is 28.4 Å². The van der Waals surface area contributed by atoms with Crippen LogP contribution < -0.4 is 21.8 Å². The van der Waals surface area contributed by atoms with Gasteiger partial charge in [-0.05, 0) is 42.7 Å². The Kier molecular flexibility index (Phi) is 5.81. The van der Waals surface area contributed by atoms with Crippen molar-refractivity contribution in [2.75, 3.05) is 18.9 Å². The minimum atomic E-state index is -0.179. The minimum absolute atomic E-state index is 0.129. The molecule has 0 unspecified atom stereocenters. The summed E-state index contributed by atoms with van der Waals surface area (Å²) in [6, 6.07) is 18.4. The average molecular weight is 455 g/mol. The normalized spacial score (nSPS) is 14.0. The van der Waals surface area contributed by atoms with E-state index in [2.05, 4.69) is 15.1 Å². The summed E-state index contributed by atoms with van der Waals surface area (Å²) >= 11 is 0. The van der Waals surface area contributed by atoms with Crippen molar-refractivity contribution in [2.45, 2.75) is 19.4 Å². The molecule has 1 fully saturated rings. The van der Waals surface area contributed by atoms with E-state index in [-0.39, 0.29) is 11.0 Å². The predicted molar refractivity (Wildman–Crippen MR) is 131 cm³/mol. The van der Waals surface area contributed by atoms with Gasteiger partial charge in [-0.25, -0.2) is 14.6 Å². The lowest BCUT2D eigenvalue weighted by Gasteiger charge is -2.13. The maximum atomic E-state index is 12.5. The molecule has 5 rings (SSSR count). The summed E-state index contributed by atoms with van der Waals surface area (Å²) < 4.78 is 7.27. The molecule has 2 heterocycles. The van der Waals surface area contributed by atoms with Gasteiger partial charge < -0.3 is 16.2 Å². The average Bonchev–Trinajstić information content (AvgIpc) is 3.65. The zero-order valence-electron chi connectivity index (χ0n) is 18.7. The molecule has 0 amide bonds. The van der Waals surface area contributed by atoms with Gasteiger partial charge in [0, 0.05) is 34.8 Å². The van der Waals surface area contributed by atoms with E-state index in [1.807, 2.05) is 48.5 Å². The molecule has 0 aliphatic heterocycles. The Hall–Kier alpha value is -4.04. The van der Waals surface area contributed by atoms with E-state index in [9.17, 15) is 4.79 Å². The molecular weight excluding hydrogens is 428 g/mol. The lowest BCUT2D eigenvalue weighted by Crippen LogP contribution is -2.23. The van der Waals surface area contributed by atoms with Crippen LogP contribution >= 0.6 is 0 Å². The Morgan fingerprint density at radius 3 is 2.47 bits per heavy atom. The van der Waals surface area contributed by atoms with Gasteiger partial charge in [-0.2, -0.15) is 5.10 Å². The largest absolute Gasteiger partial charge is 0.490 e. The third-order valence-electron chi connectivity index (χ3n) is 6.13. The van der Waals surface area contributed by atoms with Gasteiger partial charge in [-0.15, -0.1) is 0 Å². The Morgan fingerprint density at radius 1 is 0.971 bits per heavy atom. The fourth-order valence-corrected chi connectivity index (χ4v) is 3.76. The fraction of sp³-hybridized carbons (Fsp3) is 0.231. The number of aromatic nitrogens is 4. The molecule has 1 saturated carbocycles. The van der Waals surface area contributed by atoms with Crippen molar-refractivity contribution in [3.63, 3.8) is 0 Å². The maximum absolute atomic E-state index is 12.5. The first-order valence-corrected chi connectivity index (χ1v) is 11.2. The van der Waals surface area contributed by atoms with Crippen molar-refractivity contribution in [1.29, 1.82) is 0 Å². The molecule has 8 heteroatoms. The van der Waals surface area contributed by atoms with Crippen LogP contribution in [0, 0.1) is 5.41 Å². The van der Waals surface area contributed by atoms with Gasteiger partial charge in [-0.1, -0.05) is 30.3 Å². The first-order chi connectivity index (χ1) is 16.5. The highest BCUT2D eigenvalue weighted by molar-refractivity contribution is 5.63. The summed E-state index contributed by atoms with van der Waals surface area (Å²) in [6.45, 7) is 1.56. The molecule has 172 valence electrons. The number of ether oxygens (including phenoxy) is 1. The second-order valence-electron chi connectivity index (χ2n) is 8.78. The Morgan fingerprint density at radius 2 is 1.74 bits per heavy atom. The smallest absolute Gasteiger partial charge is 0.267 e. The number of nitrogen functional groups attached to an aromatic ring is 1. The van der Waals surface area contributed by atoms with Crippen LogP contribution in [0.15, 0.2) is 77.9 Å². The molecule has 0 saturated heterocycles. The predicted octanol–water partition coefficient (Wildman–Crippen LogP) is 3.12. The summed E-state index contributed by atoms with van der Waals surface area (Å²) in [5.74, 6) is 1.22. The SMILES string of the molecule is NCC1(COc2cnc(-c3cccc(Cn4nc(-c5cccc(N)c5)ccc4=O)c3)nc2)CC1. The molecule has 1 aliphatic rings. The van der Waals surface area contributed by atoms with Gasteiger partial charge in [0.05, 0.1) is 31.2 Å². The molecular formula is C26H26N6O2. The quantitative estimate of drug-likeness (QED) is 0.392. The Balaban J connectivity index is 1.33. The first-order valence-electron chi connectivity index (χ1n) is 11.2. The number of nitrogens with zero attached hydrogens (tertiary/aromatic N) is 4. The van der Waals surface area contributed by atoms with Crippen LogP contribution in [-0.4, -0.2) is 32.9 Å². The number of hydrogen-bond acceptors (Lipinski definition) is 7. The van der Waals surface area contributed by atoms with Gasteiger partial charge in [0.25, 0.3) is 5.56 Å². The van der Waals surface area contributed by atoms with E-state index in [1.54, 1.807) is 18.5 Å². The Labute approximate surface area is 197 Å². The second kappa shape index (κ2) is 9.07. The molecule has 34 heavy (non-hydrogen) atoms. The van der Waals surface area contributed by atoms with Gasteiger partial charge in [-0.3, -0.25) is 4.79 Å². The van der Waals surface area contributed by atoms with E-state index in [4.69, 9.17) is 16.2 Å². The van der Waals surface area contributed by atoms with Gasteiger partial charge >= 0.3 is 0 Å². The van der Waals surface area contributed by atoms with Crippen LogP contribution in [0.25, 0.3) is 22.6 Å². The molecule has 0 spiro atoms. The minimum Gasteiger partial charge on any atom is -0.490 e. The van der Waals surface area contributed by atoms with Crippen molar-refractivity contribution < 1.29 is 4.74 Å². The number of benzene rings is 2. The maximum Gasteiger partial charge on any atom is 0.267 e. The molecule has 4 aromatic rings. The summed E-state index contributed by atoms with van der Waals surface area (Å²) in [4.78, 5) is 21.4. The standard InChI is InChI=1S/C26H26N6O2/c27-16-26(9-10-26)17-34-22-13-29-25(30-14-22)20-5-1-3-18(11-20)15-32-24(33)8-7-23(31-32)19-4-2-6-21(28)12-19/h1-8,11-14H,9-10,15-17,27-28H2. The highest BCUT2D eigenvalue weighted by Gasteiger charge is 2.42. The molecule has 2 aromatic heterocycles. The van der Waals surface area contributed by atoms with Crippen LogP contribution in [0.5, 0.6) is 5.75 Å². The lowest BCUT2D eigenvalue weighted by molar-refractivity contribution is 0.237. The lowest BCUT2D eigenvalue weighted by atomic mass is 10.1. The summed E-state index contributed by atoms with van der Waals surface area (Å²) in [5.41, 5.74) is 15.6. The van der Waals surface area contributed by atoms with E-state index in [0.717, 1.165) is 29.5 Å². The van der Waals surface area contributed by atoms with Crippen molar-refractivity contribution in [3.05, 3.63) is 89.0 Å². The van der Waals surface area contributed by atoms with Crippen molar-refractivity contribution in [2.24, 2.45) is 11.1 Å². The van der Waals surface area contributed by atoms with E-state index in [0.29, 0.717) is 42.7 Å². The fourth-order valence-electron chi connectivity index (χ4n) is 3.76. The van der Waals surface area contributed by atoms with Crippen LogP contribution in [-0.2, 0) is 6.54 Å². The van der Waals surface area contributed by atoms with Gasteiger partial charge in [0.2, 0.25) is 0 Å². The Bertz CT molecular complexity index is 1360. The third-order valence-corrected chi connectivity index (χ3v) is 6.13. The number of nitrogens with two attached hydrogens (primary N) is 2. The van der Waals surface area contributed by atoms with E-state index in [1.165, 1.54) is 10.7 Å². The highest BCUT2D eigenvalue weighted by atomic mass is 16.5. The zero-order valence-corrected chi connectivity index (χ0v) is 18.7. The van der Waals surface area contributed by atoms with E-state index >= 15 is 0 Å². The highest BCUT2D eigenvalue weighted by Crippen LogP contribution is 2.44. The second-order valence-corrected chi connectivity index (χ2v) is 8.78. The van der Waals surface area contributed by atoms with Crippen molar-refractivity contribution >= 4 is 5.69 Å². The number of anilines is 1. The van der Waals surface area contributed by atoms with Gasteiger partial charge in [0.15, 0.2) is 11.6 Å². The molecule has 0 atom stereocenters. The van der Waals surface area contributed by atoms with Crippen LogP contribution in [0.1, 0.15) is 18.4 Å². The summed E-state index contributed by atoms with van der Waals surface area (Å²) in [7, 11) is 0. The first kappa shape index (κ1) is 21.8. The number of hydrogen-bond donors (Lipinski definition) is 2. The van der Waals surface area contributed by atoms with Gasteiger partial charge in [0.1, 0.15) is 0 Å². The van der Waals surface area contributed by atoms with E-state index < -0.39 is 0 Å². The molecule has 0 bridgehead atoms. The topological polar surface area (TPSA) is 122 Å². The summed E-state index contributed by atoms with van der Waals surface area (Å²) in [5, 5.41) is 4.54. The van der Waals surface area contributed by atoms with Crippen molar-refractivity contribution in [1.82, 2.24) is 19.7 Å². The van der Waals surface area contributed by atoms with Crippen LogP contribution in [0.3, 0.4) is 0 Å². The monoisotopic (exact) mass is 454 g/mol. The molecule has 2 aromatic carbocycles.